The second-order valence-corrected chi connectivity index (χ2v) is 5.05. The number of nitrogens with one attached hydrogen (secondary N) is 3. The Kier molecular flexibility index (Phi) is 4.99. The Morgan fingerprint density at radius 2 is 1.67 bits per heavy atom. The van der Waals surface area contributed by atoms with Crippen molar-refractivity contribution in [3.8, 4) is 0 Å². The zero-order valence-electron chi connectivity index (χ0n) is 12.9. The Labute approximate surface area is 140 Å². The number of aromatic nitrogens is 2. The van der Waals surface area contributed by atoms with Crippen LogP contribution in [0.4, 0.5) is 22.0 Å². The molecule has 2 aromatic heterocycles. The normalized spacial score (nSPS) is 10.0. The molecule has 120 valence electrons. The average Bonchev–Trinajstić information content (AvgIpc) is 2.63. The van der Waals surface area contributed by atoms with Crippen molar-refractivity contribution in [3.05, 3.63) is 78.8 Å². The largest absolute Gasteiger partial charge is 0.378 e. The number of carbonyl (C=O) groups is 1. The highest BCUT2D eigenvalue weighted by Gasteiger charge is 2.03. The molecule has 3 aromatic rings. The number of amides is 2. The quantitative estimate of drug-likeness (QED) is 0.669. The van der Waals surface area contributed by atoms with E-state index in [0.717, 1.165) is 17.1 Å². The molecule has 0 radical (unpaired) electrons. The molecule has 0 atom stereocenters. The minimum atomic E-state index is -0.331. The summed E-state index contributed by atoms with van der Waals surface area (Å²) in [6.07, 6.45) is 3.43. The maximum absolute atomic E-state index is 11.9. The number of nitrogens with zero attached hydrogens (tertiary/aromatic N) is 2. The van der Waals surface area contributed by atoms with E-state index >= 15 is 0 Å². The molecule has 24 heavy (non-hydrogen) atoms. The van der Waals surface area contributed by atoms with Gasteiger partial charge in [-0.2, -0.15) is 0 Å². The Balaban J connectivity index is 1.51. The first-order chi connectivity index (χ1) is 11.8. The first kappa shape index (κ1) is 15.5. The van der Waals surface area contributed by atoms with Gasteiger partial charge in [0.15, 0.2) is 0 Å². The molecule has 2 amide bonds. The molecule has 0 fully saturated rings. The van der Waals surface area contributed by atoms with Gasteiger partial charge in [0.1, 0.15) is 5.82 Å². The van der Waals surface area contributed by atoms with E-state index in [9.17, 15) is 4.79 Å². The van der Waals surface area contributed by atoms with Crippen LogP contribution in [0.3, 0.4) is 0 Å². The van der Waals surface area contributed by atoms with Crippen LogP contribution in [0.5, 0.6) is 0 Å². The van der Waals surface area contributed by atoms with Gasteiger partial charge in [-0.15, -0.1) is 0 Å². The molecular weight excluding hydrogens is 302 g/mol. The molecule has 6 nitrogen and oxygen atoms in total. The van der Waals surface area contributed by atoms with Gasteiger partial charge in [-0.3, -0.25) is 10.3 Å². The number of urea groups is 1. The van der Waals surface area contributed by atoms with Crippen LogP contribution in [0.2, 0.25) is 0 Å². The highest BCUT2D eigenvalue weighted by molar-refractivity contribution is 5.99. The number of carbonyl (C=O) groups excluding carboxylic acids is 1. The summed E-state index contributed by atoms with van der Waals surface area (Å²) < 4.78 is 0. The fourth-order valence-corrected chi connectivity index (χ4v) is 2.07. The standard InChI is InChI=1S/C18H17N5O/c24-18(22-14-6-2-1-3-7-14)23-17-10-9-16(13-21-17)20-12-15-8-4-5-11-19-15/h1-11,13,20H,12H2,(H2,21,22,23,24). The van der Waals surface area contributed by atoms with Gasteiger partial charge in [0, 0.05) is 11.9 Å². The summed E-state index contributed by atoms with van der Waals surface area (Å²) in [5.74, 6) is 0.479. The topological polar surface area (TPSA) is 78.9 Å². The fraction of sp³-hybridized carbons (Fsp3) is 0.0556. The van der Waals surface area contributed by atoms with E-state index in [0.29, 0.717) is 12.4 Å². The highest BCUT2D eigenvalue weighted by Crippen LogP contribution is 2.12. The average molecular weight is 319 g/mol. The molecule has 0 aliphatic heterocycles. The molecule has 0 aliphatic rings. The number of hydrogen-bond acceptors (Lipinski definition) is 4. The maximum Gasteiger partial charge on any atom is 0.324 e. The molecule has 0 saturated heterocycles. The van der Waals surface area contributed by atoms with Crippen LogP contribution >= 0.6 is 0 Å². The van der Waals surface area contributed by atoms with E-state index in [1.54, 1.807) is 18.5 Å². The van der Waals surface area contributed by atoms with E-state index in [-0.39, 0.29) is 6.03 Å². The first-order valence-corrected chi connectivity index (χ1v) is 7.52. The van der Waals surface area contributed by atoms with Gasteiger partial charge in [0.25, 0.3) is 0 Å². The van der Waals surface area contributed by atoms with Gasteiger partial charge in [0.2, 0.25) is 0 Å². The molecule has 0 saturated carbocycles. The van der Waals surface area contributed by atoms with Crippen molar-refractivity contribution in [2.45, 2.75) is 6.54 Å². The van der Waals surface area contributed by atoms with E-state index in [1.807, 2.05) is 54.6 Å². The summed E-state index contributed by atoms with van der Waals surface area (Å²) in [4.78, 5) is 20.4. The molecule has 0 unspecified atom stereocenters. The van der Waals surface area contributed by atoms with Crippen molar-refractivity contribution in [1.29, 1.82) is 0 Å². The van der Waals surface area contributed by atoms with Crippen LogP contribution in [0, 0.1) is 0 Å². The number of para-hydroxylation sites is 1. The summed E-state index contributed by atoms with van der Waals surface area (Å²) in [6.45, 7) is 0.615. The zero-order chi connectivity index (χ0) is 16.6. The summed E-state index contributed by atoms with van der Waals surface area (Å²) in [6, 6.07) is 18.3. The molecule has 3 N–H and O–H groups in total. The van der Waals surface area contributed by atoms with Crippen molar-refractivity contribution in [3.63, 3.8) is 0 Å². The lowest BCUT2D eigenvalue weighted by atomic mass is 10.3. The minimum absolute atomic E-state index is 0.331. The zero-order valence-corrected chi connectivity index (χ0v) is 12.9. The Morgan fingerprint density at radius 1 is 0.833 bits per heavy atom. The van der Waals surface area contributed by atoms with Gasteiger partial charge >= 0.3 is 6.03 Å². The number of benzene rings is 1. The fourth-order valence-electron chi connectivity index (χ4n) is 2.07. The molecule has 3 rings (SSSR count). The molecule has 2 heterocycles. The lowest BCUT2D eigenvalue weighted by Crippen LogP contribution is -2.20. The Hall–Kier alpha value is -3.41. The van der Waals surface area contributed by atoms with Crippen LogP contribution in [-0.4, -0.2) is 16.0 Å². The predicted octanol–water partition coefficient (Wildman–Crippen LogP) is 3.73. The van der Waals surface area contributed by atoms with E-state index in [4.69, 9.17) is 0 Å². The van der Waals surface area contributed by atoms with Crippen LogP contribution in [0.1, 0.15) is 5.69 Å². The Bertz CT molecular complexity index is 776. The predicted molar refractivity (Wildman–Crippen MR) is 94.9 cm³/mol. The van der Waals surface area contributed by atoms with E-state index in [1.165, 1.54) is 0 Å². The first-order valence-electron chi connectivity index (χ1n) is 7.52. The third-order valence-electron chi connectivity index (χ3n) is 3.24. The lowest BCUT2D eigenvalue weighted by Gasteiger charge is -2.08. The van der Waals surface area contributed by atoms with Crippen LogP contribution < -0.4 is 16.0 Å². The van der Waals surface area contributed by atoms with Crippen LogP contribution in [-0.2, 0) is 6.54 Å². The molecule has 0 spiro atoms. The molecular formula is C18H17N5O. The Morgan fingerprint density at radius 3 is 2.38 bits per heavy atom. The monoisotopic (exact) mass is 319 g/mol. The minimum Gasteiger partial charge on any atom is -0.378 e. The van der Waals surface area contributed by atoms with Gasteiger partial charge in [0.05, 0.1) is 24.1 Å². The molecule has 0 aliphatic carbocycles. The van der Waals surface area contributed by atoms with Gasteiger partial charge in [-0.1, -0.05) is 24.3 Å². The molecule has 6 heteroatoms. The van der Waals surface area contributed by atoms with Crippen molar-refractivity contribution in [2.24, 2.45) is 0 Å². The third-order valence-corrected chi connectivity index (χ3v) is 3.24. The van der Waals surface area contributed by atoms with Crippen molar-refractivity contribution in [2.75, 3.05) is 16.0 Å². The lowest BCUT2D eigenvalue weighted by molar-refractivity contribution is 0.262. The molecule has 1 aromatic carbocycles. The van der Waals surface area contributed by atoms with Gasteiger partial charge in [-0.05, 0) is 36.4 Å². The van der Waals surface area contributed by atoms with Crippen molar-refractivity contribution < 1.29 is 4.79 Å². The summed E-state index contributed by atoms with van der Waals surface area (Å²) in [5, 5.41) is 8.66. The SMILES string of the molecule is O=C(Nc1ccccc1)Nc1ccc(NCc2ccccn2)cn1. The second-order valence-electron chi connectivity index (χ2n) is 5.05. The van der Waals surface area contributed by atoms with Crippen molar-refractivity contribution >= 4 is 23.2 Å². The van der Waals surface area contributed by atoms with E-state index < -0.39 is 0 Å². The van der Waals surface area contributed by atoms with Gasteiger partial charge in [-0.25, -0.2) is 9.78 Å². The molecule has 0 bridgehead atoms. The number of hydrogen-bond donors (Lipinski definition) is 3. The summed E-state index contributed by atoms with van der Waals surface area (Å²) in [5.41, 5.74) is 2.53. The van der Waals surface area contributed by atoms with Gasteiger partial charge < -0.3 is 10.6 Å². The third kappa shape index (κ3) is 4.54. The number of rotatable bonds is 5. The van der Waals surface area contributed by atoms with Crippen LogP contribution in [0.25, 0.3) is 0 Å². The number of pyridine rings is 2. The maximum atomic E-state index is 11.9. The van der Waals surface area contributed by atoms with E-state index in [2.05, 4.69) is 25.9 Å². The highest BCUT2D eigenvalue weighted by atomic mass is 16.2. The second kappa shape index (κ2) is 7.73. The summed E-state index contributed by atoms with van der Waals surface area (Å²) >= 11 is 0. The van der Waals surface area contributed by atoms with Crippen LogP contribution in [0.15, 0.2) is 73.1 Å². The summed E-state index contributed by atoms with van der Waals surface area (Å²) in [7, 11) is 0. The smallest absolute Gasteiger partial charge is 0.324 e. The number of anilines is 3. The van der Waals surface area contributed by atoms with Crippen molar-refractivity contribution in [1.82, 2.24) is 9.97 Å².